The van der Waals surface area contributed by atoms with Gasteiger partial charge in [-0.25, -0.2) is 8.42 Å². The molecule has 0 saturated carbocycles. The second-order valence-electron chi connectivity index (χ2n) is 7.77. The van der Waals surface area contributed by atoms with Crippen molar-refractivity contribution < 1.29 is 22.7 Å². The van der Waals surface area contributed by atoms with E-state index in [-0.39, 0.29) is 31.2 Å². The summed E-state index contributed by atoms with van der Waals surface area (Å²) < 4.78 is 32.4. The molecule has 162 valence electrons. The second kappa shape index (κ2) is 10.7. The largest absolute Gasteiger partial charge is 0.379 e. The highest BCUT2D eigenvalue weighted by atomic mass is 32.2. The SMILES string of the molecule is CC(C)C[C@H](NC(=O)C(Cc1ccccc1)CS(=O)(=O)N1CCOCC1)C(N)=O. The first-order chi connectivity index (χ1) is 13.7. The van der Waals surface area contributed by atoms with Gasteiger partial charge in [0, 0.05) is 13.1 Å². The molecule has 1 aliphatic heterocycles. The van der Waals surface area contributed by atoms with Crippen molar-refractivity contribution in [1.29, 1.82) is 0 Å². The fourth-order valence-corrected chi connectivity index (χ4v) is 5.01. The molecular weight excluding hydrogens is 394 g/mol. The van der Waals surface area contributed by atoms with E-state index in [9.17, 15) is 18.0 Å². The van der Waals surface area contributed by atoms with Crippen molar-refractivity contribution in [3.05, 3.63) is 35.9 Å². The molecule has 1 unspecified atom stereocenters. The molecule has 0 radical (unpaired) electrons. The van der Waals surface area contributed by atoms with Gasteiger partial charge < -0.3 is 15.8 Å². The molecular formula is C20H31N3O5S. The average molecular weight is 426 g/mol. The molecule has 0 aliphatic carbocycles. The Morgan fingerprint density at radius 1 is 1.17 bits per heavy atom. The van der Waals surface area contributed by atoms with Crippen LogP contribution in [0, 0.1) is 11.8 Å². The number of hydrogen-bond acceptors (Lipinski definition) is 5. The summed E-state index contributed by atoms with van der Waals surface area (Å²) in [5.41, 5.74) is 6.29. The number of ether oxygens (including phenoxy) is 1. The quantitative estimate of drug-likeness (QED) is 0.567. The van der Waals surface area contributed by atoms with Crippen LogP contribution in [-0.2, 0) is 30.8 Å². The van der Waals surface area contributed by atoms with Gasteiger partial charge in [-0.05, 0) is 24.3 Å². The van der Waals surface area contributed by atoms with Crippen molar-refractivity contribution in [2.45, 2.75) is 32.7 Å². The second-order valence-corrected chi connectivity index (χ2v) is 9.78. The molecule has 1 fully saturated rings. The van der Waals surface area contributed by atoms with Gasteiger partial charge in [-0.2, -0.15) is 4.31 Å². The number of hydrogen-bond donors (Lipinski definition) is 2. The van der Waals surface area contributed by atoms with Crippen LogP contribution in [0.3, 0.4) is 0 Å². The van der Waals surface area contributed by atoms with Crippen LogP contribution in [0.15, 0.2) is 30.3 Å². The number of carbonyl (C=O) groups is 2. The minimum Gasteiger partial charge on any atom is -0.379 e. The van der Waals surface area contributed by atoms with E-state index >= 15 is 0 Å². The van der Waals surface area contributed by atoms with Gasteiger partial charge in [-0.3, -0.25) is 9.59 Å². The number of amides is 2. The van der Waals surface area contributed by atoms with Crippen LogP contribution in [0.2, 0.25) is 0 Å². The summed E-state index contributed by atoms with van der Waals surface area (Å²) in [6, 6.07) is 8.40. The fraction of sp³-hybridized carbons (Fsp3) is 0.600. The molecule has 2 atom stereocenters. The number of nitrogens with one attached hydrogen (secondary N) is 1. The van der Waals surface area contributed by atoms with Crippen molar-refractivity contribution in [3.63, 3.8) is 0 Å². The number of rotatable bonds is 10. The Kier molecular flexibility index (Phi) is 8.60. The Labute approximate surface area is 172 Å². The van der Waals surface area contributed by atoms with E-state index in [2.05, 4.69) is 5.32 Å². The zero-order chi connectivity index (χ0) is 21.4. The number of benzene rings is 1. The van der Waals surface area contributed by atoms with Gasteiger partial charge in [0.2, 0.25) is 21.8 Å². The highest BCUT2D eigenvalue weighted by Gasteiger charge is 2.33. The number of sulfonamides is 1. The Bertz CT molecular complexity index is 777. The topological polar surface area (TPSA) is 119 Å². The van der Waals surface area contributed by atoms with Crippen LogP contribution in [0.5, 0.6) is 0 Å². The molecule has 29 heavy (non-hydrogen) atoms. The predicted octanol–water partition coefficient (Wildman–Crippen LogP) is 0.524. The standard InChI is InChI=1S/C20H31N3O5S/c1-15(2)12-18(19(21)24)22-20(25)17(13-16-6-4-3-5-7-16)14-29(26,27)23-8-10-28-11-9-23/h3-7,15,17-18H,8-14H2,1-2H3,(H2,21,24)(H,22,25)/t17?,18-/m0/s1. The van der Waals surface area contributed by atoms with Crippen LogP contribution in [0.4, 0.5) is 0 Å². The first kappa shape index (κ1) is 23.3. The Morgan fingerprint density at radius 2 is 1.79 bits per heavy atom. The van der Waals surface area contributed by atoms with Gasteiger partial charge in [0.25, 0.3) is 0 Å². The van der Waals surface area contributed by atoms with E-state index in [1.54, 1.807) is 0 Å². The zero-order valence-corrected chi connectivity index (χ0v) is 17.9. The van der Waals surface area contributed by atoms with Gasteiger partial charge in [-0.1, -0.05) is 44.2 Å². The molecule has 8 nitrogen and oxygen atoms in total. The molecule has 0 aromatic heterocycles. The molecule has 1 saturated heterocycles. The maximum Gasteiger partial charge on any atom is 0.240 e. The van der Waals surface area contributed by atoms with Crippen LogP contribution in [0.25, 0.3) is 0 Å². The molecule has 0 spiro atoms. The molecule has 1 heterocycles. The van der Waals surface area contributed by atoms with Gasteiger partial charge in [0.1, 0.15) is 6.04 Å². The first-order valence-electron chi connectivity index (χ1n) is 9.88. The Morgan fingerprint density at radius 3 is 2.34 bits per heavy atom. The summed E-state index contributed by atoms with van der Waals surface area (Å²) in [5.74, 6) is -2.12. The zero-order valence-electron chi connectivity index (χ0n) is 17.0. The van der Waals surface area contributed by atoms with Crippen molar-refractivity contribution >= 4 is 21.8 Å². The van der Waals surface area contributed by atoms with E-state index in [0.29, 0.717) is 19.6 Å². The van der Waals surface area contributed by atoms with Gasteiger partial charge in [0.15, 0.2) is 0 Å². The normalized spacial score (nSPS) is 17.6. The molecule has 1 aliphatic rings. The molecule has 9 heteroatoms. The van der Waals surface area contributed by atoms with E-state index in [1.807, 2.05) is 44.2 Å². The molecule has 0 bridgehead atoms. The van der Waals surface area contributed by atoms with E-state index in [0.717, 1.165) is 5.56 Å². The number of nitrogens with zero attached hydrogens (tertiary/aromatic N) is 1. The summed E-state index contributed by atoms with van der Waals surface area (Å²) in [7, 11) is -3.65. The van der Waals surface area contributed by atoms with Gasteiger partial charge in [-0.15, -0.1) is 0 Å². The fourth-order valence-electron chi connectivity index (χ4n) is 3.32. The lowest BCUT2D eigenvalue weighted by Gasteiger charge is -2.28. The monoisotopic (exact) mass is 425 g/mol. The number of morpholine rings is 1. The molecule has 2 amide bonds. The average Bonchev–Trinajstić information content (AvgIpc) is 2.68. The van der Waals surface area contributed by atoms with Gasteiger partial charge >= 0.3 is 0 Å². The maximum absolute atomic E-state index is 13.0. The van der Waals surface area contributed by atoms with Crippen molar-refractivity contribution in [2.75, 3.05) is 32.1 Å². The number of carbonyl (C=O) groups excluding carboxylic acids is 2. The maximum atomic E-state index is 13.0. The van der Waals surface area contributed by atoms with Crippen LogP contribution >= 0.6 is 0 Å². The Balaban J connectivity index is 2.19. The summed E-state index contributed by atoms with van der Waals surface area (Å²) in [6.07, 6.45) is 0.652. The smallest absolute Gasteiger partial charge is 0.240 e. The summed E-state index contributed by atoms with van der Waals surface area (Å²) in [5, 5.41) is 2.67. The van der Waals surface area contributed by atoms with Crippen LogP contribution < -0.4 is 11.1 Å². The predicted molar refractivity (Wildman–Crippen MR) is 110 cm³/mol. The van der Waals surface area contributed by atoms with Crippen molar-refractivity contribution in [1.82, 2.24) is 9.62 Å². The summed E-state index contributed by atoms with van der Waals surface area (Å²) in [6.45, 7) is 5.08. The van der Waals surface area contributed by atoms with Crippen LogP contribution in [0.1, 0.15) is 25.8 Å². The third-order valence-corrected chi connectivity index (χ3v) is 6.81. The van der Waals surface area contributed by atoms with Crippen molar-refractivity contribution in [2.24, 2.45) is 17.6 Å². The lowest BCUT2D eigenvalue weighted by molar-refractivity contribution is -0.129. The van der Waals surface area contributed by atoms with Crippen LogP contribution in [-0.4, -0.2) is 62.6 Å². The highest BCUT2D eigenvalue weighted by Crippen LogP contribution is 2.16. The molecule has 1 aromatic carbocycles. The van der Waals surface area contributed by atoms with E-state index < -0.39 is 33.8 Å². The number of primary amides is 1. The summed E-state index contributed by atoms with van der Waals surface area (Å²) in [4.78, 5) is 24.7. The minimum atomic E-state index is -3.65. The first-order valence-corrected chi connectivity index (χ1v) is 11.5. The third-order valence-electron chi connectivity index (χ3n) is 4.84. The van der Waals surface area contributed by atoms with Gasteiger partial charge in [0.05, 0.1) is 24.9 Å². The third kappa shape index (κ3) is 7.41. The number of nitrogens with two attached hydrogens (primary N) is 1. The molecule has 1 aromatic rings. The van der Waals surface area contributed by atoms with Crippen molar-refractivity contribution in [3.8, 4) is 0 Å². The molecule has 3 N–H and O–H groups in total. The minimum absolute atomic E-state index is 0.150. The lowest BCUT2D eigenvalue weighted by atomic mass is 9.98. The van der Waals surface area contributed by atoms with E-state index in [4.69, 9.17) is 10.5 Å². The van der Waals surface area contributed by atoms with E-state index in [1.165, 1.54) is 4.31 Å². The summed E-state index contributed by atoms with van der Waals surface area (Å²) >= 11 is 0. The lowest BCUT2D eigenvalue weighted by Crippen LogP contribution is -2.50. The molecule has 2 rings (SSSR count). The Hall–Kier alpha value is -1.97. The highest BCUT2D eigenvalue weighted by molar-refractivity contribution is 7.89.